The Kier molecular flexibility index (Phi) is 4.36. The Morgan fingerprint density at radius 1 is 1.60 bits per heavy atom. The molecule has 0 bridgehead atoms. The summed E-state index contributed by atoms with van der Waals surface area (Å²) in [5.74, 6) is 0.496. The van der Waals surface area contributed by atoms with E-state index in [-0.39, 0.29) is 11.7 Å². The van der Waals surface area contributed by atoms with Gasteiger partial charge in [-0.15, -0.1) is 0 Å². The van der Waals surface area contributed by atoms with Gasteiger partial charge in [0.1, 0.15) is 0 Å². The van der Waals surface area contributed by atoms with Crippen LogP contribution in [0, 0.1) is 23.0 Å². The van der Waals surface area contributed by atoms with E-state index in [1.165, 1.54) is 17.2 Å². The molecule has 2 heterocycles. The summed E-state index contributed by atoms with van der Waals surface area (Å²) < 4.78 is 1.53. The lowest BCUT2D eigenvalue weighted by Gasteiger charge is -2.30. The first-order chi connectivity index (χ1) is 9.47. The first-order valence-electron chi connectivity index (χ1n) is 6.94. The summed E-state index contributed by atoms with van der Waals surface area (Å²) in [6, 6.07) is 1.42. The molecule has 1 fully saturated rings. The van der Waals surface area contributed by atoms with E-state index >= 15 is 0 Å². The van der Waals surface area contributed by atoms with E-state index in [0.717, 1.165) is 19.5 Å². The molecule has 0 unspecified atom stereocenters. The summed E-state index contributed by atoms with van der Waals surface area (Å²) in [5, 5.41) is 14.5. The van der Waals surface area contributed by atoms with E-state index in [1.807, 2.05) is 4.90 Å². The predicted molar refractivity (Wildman–Crippen MR) is 73.2 cm³/mol. The molecule has 0 radical (unpaired) electrons. The lowest BCUT2D eigenvalue weighted by atomic mass is 10.00. The monoisotopic (exact) mass is 280 g/mol. The number of aryl methyl sites for hydroxylation is 2. The van der Waals surface area contributed by atoms with Gasteiger partial charge in [-0.05, 0) is 30.6 Å². The van der Waals surface area contributed by atoms with Gasteiger partial charge in [0.25, 0.3) is 0 Å². The van der Waals surface area contributed by atoms with Crippen LogP contribution in [0.15, 0.2) is 6.07 Å². The lowest BCUT2D eigenvalue weighted by Crippen LogP contribution is -2.39. The molecule has 1 aromatic heterocycles. The molecule has 1 aromatic rings. The number of carbonyl (C=O) groups is 1. The number of hydrogen-bond acceptors (Lipinski definition) is 4. The minimum absolute atomic E-state index is 0.106. The number of rotatable bonds is 4. The van der Waals surface area contributed by atoms with Crippen molar-refractivity contribution in [3.05, 3.63) is 21.9 Å². The van der Waals surface area contributed by atoms with Crippen LogP contribution in [-0.4, -0.2) is 38.6 Å². The van der Waals surface area contributed by atoms with Crippen molar-refractivity contribution in [1.82, 2.24) is 14.7 Å². The van der Waals surface area contributed by atoms with Gasteiger partial charge in [0.15, 0.2) is 0 Å². The number of carbonyl (C=O) groups excluding carboxylic acids is 1. The van der Waals surface area contributed by atoms with Gasteiger partial charge < -0.3 is 15.0 Å². The van der Waals surface area contributed by atoms with Crippen LogP contribution in [0.25, 0.3) is 0 Å². The molecule has 0 aromatic carbocycles. The van der Waals surface area contributed by atoms with E-state index in [4.69, 9.17) is 0 Å². The number of amides is 1. The summed E-state index contributed by atoms with van der Waals surface area (Å²) in [6.07, 6.45) is 2.57. The number of piperidine rings is 1. The van der Waals surface area contributed by atoms with E-state index in [1.54, 1.807) is 6.92 Å². The molecule has 110 valence electrons. The van der Waals surface area contributed by atoms with Crippen molar-refractivity contribution in [3.63, 3.8) is 0 Å². The van der Waals surface area contributed by atoms with Crippen molar-refractivity contribution in [2.45, 2.75) is 39.7 Å². The summed E-state index contributed by atoms with van der Waals surface area (Å²) in [7, 11) is 0. The molecule has 2 rings (SSSR count). The Morgan fingerprint density at radius 3 is 2.95 bits per heavy atom. The molecular formula is C13H20N4O3. The fourth-order valence-electron chi connectivity index (χ4n) is 2.58. The minimum Gasteiger partial charge on any atom is -0.358 e. The van der Waals surface area contributed by atoms with Crippen molar-refractivity contribution in [2.24, 2.45) is 5.92 Å². The number of likely N-dealkylation sites (tertiary alicyclic amines) is 1. The van der Waals surface area contributed by atoms with E-state index in [9.17, 15) is 14.9 Å². The van der Waals surface area contributed by atoms with Gasteiger partial charge in [-0.3, -0.25) is 4.79 Å². The largest absolute Gasteiger partial charge is 0.390 e. The van der Waals surface area contributed by atoms with Crippen LogP contribution in [0.5, 0.6) is 0 Å². The standard InChI is InChI=1S/C13H20N4O3/c1-10-4-3-6-15(9-10)13(18)5-7-16-11(2)8-12(14-16)17(19)20/h8,10H,3-7,9H2,1-2H3/t10-/m0/s1. The molecule has 1 aliphatic rings. The third-order valence-electron chi connectivity index (χ3n) is 3.70. The van der Waals surface area contributed by atoms with Crippen LogP contribution in [-0.2, 0) is 11.3 Å². The molecule has 1 amide bonds. The Labute approximate surface area is 117 Å². The molecule has 0 N–H and O–H groups in total. The first kappa shape index (κ1) is 14.5. The van der Waals surface area contributed by atoms with Crippen molar-refractivity contribution in [2.75, 3.05) is 13.1 Å². The number of hydrogen-bond donors (Lipinski definition) is 0. The maximum Gasteiger partial charge on any atom is 0.390 e. The van der Waals surface area contributed by atoms with Crippen molar-refractivity contribution < 1.29 is 9.72 Å². The van der Waals surface area contributed by atoms with Crippen LogP contribution in [0.2, 0.25) is 0 Å². The molecule has 20 heavy (non-hydrogen) atoms. The molecule has 1 saturated heterocycles. The number of nitro groups is 1. The quantitative estimate of drug-likeness (QED) is 0.621. The van der Waals surface area contributed by atoms with Crippen molar-refractivity contribution in [1.29, 1.82) is 0 Å². The molecular weight excluding hydrogens is 260 g/mol. The molecule has 7 heteroatoms. The van der Waals surface area contributed by atoms with Gasteiger partial charge >= 0.3 is 5.82 Å². The van der Waals surface area contributed by atoms with Crippen LogP contribution >= 0.6 is 0 Å². The van der Waals surface area contributed by atoms with Crippen molar-refractivity contribution >= 4 is 11.7 Å². The van der Waals surface area contributed by atoms with Crippen LogP contribution in [0.3, 0.4) is 0 Å². The zero-order valence-corrected chi connectivity index (χ0v) is 11.9. The van der Waals surface area contributed by atoms with Gasteiger partial charge in [0.05, 0.1) is 23.4 Å². The zero-order chi connectivity index (χ0) is 14.7. The van der Waals surface area contributed by atoms with Gasteiger partial charge in [-0.25, -0.2) is 0 Å². The zero-order valence-electron chi connectivity index (χ0n) is 11.9. The Balaban J connectivity index is 1.91. The highest BCUT2D eigenvalue weighted by atomic mass is 16.6. The average Bonchev–Trinajstić information content (AvgIpc) is 2.77. The second kappa shape index (κ2) is 6.02. The summed E-state index contributed by atoms with van der Waals surface area (Å²) in [4.78, 5) is 24.1. The Bertz CT molecular complexity index is 512. The fraction of sp³-hybridized carbons (Fsp3) is 0.692. The van der Waals surface area contributed by atoms with E-state index in [2.05, 4.69) is 12.0 Å². The summed E-state index contributed by atoms with van der Waals surface area (Å²) >= 11 is 0. The molecule has 1 aliphatic heterocycles. The molecule has 1 atom stereocenters. The first-order valence-corrected chi connectivity index (χ1v) is 6.94. The maximum absolute atomic E-state index is 12.1. The van der Waals surface area contributed by atoms with E-state index < -0.39 is 4.92 Å². The van der Waals surface area contributed by atoms with Crippen molar-refractivity contribution in [3.8, 4) is 0 Å². The maximum atomic E-state index is 12.1. The molecule has 7 nitrogen and oxygen atoms in total. The smallest absolute Gasteiger partial charge is 0.358 e. The highest BCUT2D eigenvalue weighted by molar-refractivity contribution is 5.76. The average molecular weight is 280 g/mol. The highest BCUT2D eigenvalue weighted by Gasteiger charge is 2.22. The molecule has 0 aliphatic carbocycles. The third kappa shape index (κ3) is 3.34. The minimum atomic E-state index is -0.516. The summed E-state index contributed by atoms with van der Waals surface area (Å²) in [5.41, 5.74) is 0.705. The molecule has 0 spiro atoms. The number of nitrogens with zero attached hydrogens (tertiary/aromatic N) is 4. The fourth-order valence-corrected chi connectivity index (χ4v) is 2.58. The Hall–Kier alpha value is -1.92. The second-order valence-electron chi connectivity index (χ2n) is 5.46. The van der Waals surface area contributed by atoms with Gasteiger partial charge in [0.2, 0.25) is 5.91 Å². The topological polar surface area (TPSA) is 81.3 Å². The normalized spacial score (nSPS) is 19.1. The van der Waals surface area contributed by atoms with E-state index in [0.29, 0.717) is 24.6 Å². The van der Waals surface area contributed by atoms with Crippen LogP contribution < -0.4 is 0 Å². The van der Waals surface area contributed by atoms with Gasteiger partial charge in [-0.2, -0.15) is 4.68 Å². The SMILES string of the molecule is Cc1cc([N+](=O)[O-])nn1CCC(=O)N1CCC[C@H](C)C1. The van der Waals surface area contributed by atoms with Crippen LogP contribution in [0.1, 0.15) is 31.9 Å². The number of aromatic nitrogens is 2. The molecule has 0 saturated carbocycles. The Morgan fingerprint density at radius 2 is 2.35 bits per heavy atom. The third-order valence-corrected chi connectivity index (χ3v) is 3.70. The predicted octanol–water partition coefficient (Wildman–Crippen LogP) is 1.75. The van der Waals surface area contributed by atoms with Gasteiger partial charge in [0, 0.05) is 19.5 Å². The second-order valence-corrected chi connectivity index (χ2v) is 5.46. The highest BCUT2D eigenvalue weighted by Crippen LogP contribution is 2.17. The summed E-state index contributed by atoms with van der Waals surface area (Å²) in [6.45, 7) is 5.94. The lowest BCUT2D eigenvalue weighted by molar-refractivity contribution is -0.389. The van der Waals surface area contributed by atoms with Crippen LogP contribution in [0.4, 0.5) is 5.82 Å². The van der Waals surface area contributed by atoms with Gasteiger partial charge in [-0.1, -0.05) is 6.92 Å².